The molecule has 2 aromatic carbocycles. The third kappa shape index (κ3) is 5.92. The lowest BCUT2D eigenvalue weighted by molar-refractivity contribution is -0.384. The molecule has 1 aromatic heterocycles. The molecule has 0 fully saturated rings. The molecule has 0 unspecified atom stereocenters. The van der Waals surface area contributed by atoms with Crippen LogP contribution in [0.5, 0.6) is 0 Å². The van der Waals surface area contributed by atoms with E-state index in [0.717, 1.165) is 23.6 Å². The predicted octanol–water partition coefficient (Wildman–Crippen LogP) is 2.56. The smallest absolute Gasteiger partial charge is 0.293 e. The summed E-state index contributed by atoms with van der Waals surface area (Å²) in [5, 5.41) is 16.9. The Hall–Kier alpha value is -3.66. The third-order valence-corrected chi connectivity index (χ3v) is 5.67. The number of rotatable bonds is 9. The number of sulfone groups is 1. The fourth-order valence-electron chi connectivity index (χ4n) is 2.98. The molecule has 1 heterocycles. The molecule has 9 nitrogen and oxygen atoms in total. The fourth-order valence-corrected chi connectivity index (χ4v) is 3.62. The highest BCUT2D eigenvalue weighted by Crippen LogP contribution is 2.27. The number of nitro groups is 1. The molecule has 0 atom stereocenters. The Labute approximate surface area is 179 Å². The molecule has 0 spiro atoms. The van der Waals surface area contributed by atoms with E-state index in [1.54, 1.807) is 0 Å². The monoisotopic (exact) mass is 442 g/mol. The first-order valence-corrected chi connectivity index (χ1v) is 11.3. The van der Waals surface area contributed by atoms with Crippen molar-refractivity contribution in [1.29, 1.82) is 0 Å². The standard InChI is InChI=1S/C21H22N4O5S/c1-31(29,30)18-8-9-19(20(15-18)25(27)28)22-10-11-23-21(26)14-16-4-6-17(7-5-16)24-12-2-3-13-24/h2-9,12-13,15,22H,10-11,14H2,1H3,(H,23,26). The third-order valence-electron chi connectivity index (χ3n) is 4.56. The molecule has 0 radical (unpaired) electrons. The van der Waals surface area contributed by atoms with E-state index in [2.05, 4.69) is 10.6 Å². The average molecular weight is 442 g/mol. The largest absolute Gasteiger partial charge is 0.378 e. The van der Waals surface area contributed by atoms with Gasteiger partial charge in [-0.1, -0.05) is 12.1 Å². The summed E-state index contributed by atoms with van der Waals surface area (Å²) in [7, 11) is -3.55. The van der Waals surface area contributed by atoms with E-state index in [0.29, 0.717) is 0 Å². The molecular weight excluding hydrogens is 420 g/mol. The van der Waals surface area contributed by atoms with Crippen LogP contribution in [0.3, 0.4) is 0 Å². The number of nitrogens with zero attached hydrogens (tertiary/aromatic N) is 2. The molecule has 31 heavy (non-hydrogen) atoms. The Morgan fingerprint density at radius 1 is 1.06 bits per heavy atom. The van der Waals surface area contributed by atoms with Crippen molar-refractivity contribution in [2.45, 2.75) is 11.3 Å². The predicted molar refractivity (Wildman–Crippen MR) is 117 cm³/mol. The number of hydrogen-bond donors (Lipinski definition) is 2. The highest BCUT2D eigenvalue weighted by Gasteiger charge is 2.18. The molecule has 0 bridgehead atoms. The van der Waals surface area contributed by atoms with Crippen LogP contribution >= 0.6 is 0 Å². The summed E-state index contributed by atoms with van der Waals surface area (Å²) in [6.07, 6.45) is 5.08. The van der Waals surface area contributed by atoms with Gasteiger partial charge in [-0.3, -0.25) is 14.9 Å². The molecular formula is C21H22N4O5S. The lowest BCUT2D eigenvalue weighted by Gasteiger charge is -2.10. The number of amides is 1. The second-order valence-corrected chi connectivity index (χ2v) is 8.93. The first kappa shape index (κ1) is 22.0. The summed E-state index contributed by atoms with van der Waals surface area (Å²) in [4.78, 5) is 22.6. The first-order chi connectivity index (χ1) is 14.7. The number of benzene rings is 2. The molecule has 10 heteroatoms. The molecule has 162 valence electrons. The van der Waals surface area contributed by atoms with Crippen molar-refractivity contribution in [3.05, 3.63) is 82.7 Å². The lowest BCUT2D eigenvalue weighted by Crippen LogP contribution is -2.30. The van der Waals surface area contributed by atoms with Crippen molar-refractivity contribution in [3.63, 3.8) is 0 Å². The van der Waals surface area contributed by atoms with Crippen LogP contribution in [0.2, 0.25) is 0 Å². The van der Waals surface area contributed by atoms with E-state index >= 15 is 0 Å². The van der Waals surface area contributed by atoms with Crippen LogP contribution in [0.4, 0.5) is 11.4 Å². The van der Waals surface area contributed by atoms with Crippen molar-refractivity contribution in [3.8, 4) is 5.69 Å². The summed E-state index contributed by atoms with van der Waals surface area (Å²) >= 11 is 0. The zero-order valence-corrected chi connectivity index (χ0v) is 17.6. The zero-order chi connectivity index (χ0) is 22.4. The Kier molecular flexibility index (Phi) is 6.71. The number of anilines is 1. The van der Waals surface area contributed by atoms with Gasteiger partial charge in [0, 0.05) is 43.5 Å². The van der Waals surface area contributed by atoms with Crippen molar-refractivity contribution in [2.75, 3.05) is 24.7 Å². The Bertz CT molecular complexity index is 1170. The molecule has 1 amide bonds. The summed E-state index contributed by atoms with van der Waals surface area (Å²) in [6.45, 7) is 0.503. The molecule has 0 saturated heterocycles. The Balaban J connectivity index is 1.50. The Morgan fingerprint density at radius 2 is 1.74 bits per heavy atom. The summed E-state index contributed by atoms with van der Waals surface area (Å²) in [6, 6.07) is 15.2. The maximum atomic E-state index is 12.1. The minimum absolute atomic E-state index is 0.124. The molecule has 0 aliphatic rings. The molecule has 0 saturated carbocycles. The highest BCUT2D eigenvalue weighted by molar-refractivity contribution is 7.90. The maximum absolute atomic E-state index is 12.1. The second-order valence-electron chi connectivity index (χ2n) is 6.92. The van der Waals surface area contributed by atoms with Gasteiger partial charge in [-0.15, -0.1) is 0 Å². The minimum atomic E-state index is -3.55. The van der Waals surface area contributed by atoms with Crippen molar-refractivity contribution < 1.29 is 18.1 Å². The van der Waals surface area contributed by atoms with Crippen LogP contribution in [0, 0.1) is 10.1 Å². The fraction of sp³-hybridized carbons (Fsp3) is 0.190. The van der Waals surface area contributed by atoms with Gasteiger partial charge in [-0.25, -0.2) is 8.42 Å². The maximum Gasteiger partial charge on any atom is 0.293 e. The number of carbonyl (C=O) groups excluding carboxylic acids is 1. The molecule has 3 rings (SSSR count). The van der Waals surface area contributed by atoms with Crippen molar-refractivity contribution in [2.24, 2.45) is 0 Å². The van der Waals surface area contributed by atoms with Crippen LogP contribution < -0.4 is 10.6 Å². The van der Waals surface area contributed by atoms with E-state index < -0.39 is 14.8 Å². The normalized spacial score (nSPS) is 11.1. The van der Waals surface area contributed by atoms with Crippen LogP contribution in [0.15, 0.2) is 71.9 Å². The SMILES string of the molecule is CS(=O)(=O)c1ccc(NCCNC(=O)Cc2ccc(-n3cccc3)cc2)c([N+](=O)[O-])c1. The van der Waals surface area contributed by atoms with Gasteiger partial charge in [-0.2, -0.15) is 0 Å². The summed E-state index contributed by atoms with van der Waals surface area (Å²) in [5.41, 5.74) is 1.72. The summed E-state index contributed by atoms with van der Waals surface area (Å²) in [5.74, 6) is -0.169. The molecule has 0 aliphatic carbocycles. The van der Waals surface area contributed by atoms with E-state index in [1.165, 1.54) is 12.1 Å². The van der Waals surface area contributed by atoms with Gasteiger partial charge in [0.1, 0.15) is 5.69 Å². The first-order valence-electron chi connectivity index (χ1n) is 9.45. The quantitative estimate of drug-likeness (QED) is 0.298. The van der Waals surface area contributed by atoms with Gasteiger partial charge in [0.2, 0.25) is 5.91 Å². The van der Waals surface area contributed by atoms with Crippen molar-refractivity contribution in [1.82, 2.24) is 9.88 Å². The van der Waals surface area contributed by atoms with Gasteiger partial charge < -0.3 is 15.2 Å². The molecule has 0 aliphatic heterocycles. The number of hydrogen-bond acceptors (Lipinski definition) is 6. The van der Waals surface area contributed by atoms with E-state index in [1.807, 2.05) is 53.4 Å². The summed E-state index contributed by atoms with van der Waals surface area (Å²) < 4.78 is 25.2. The highest BCUT2D eigenvalue weighted by atomic mass is 32.2. The van der Waals surface area contributed by atoms with Crippen LogP contribution in [0.1, 0.15) is 5.56 Å². The molecule has 2 N–H and O–H groups in total. The van der Waals surface area contributed by atoms with Crippen molar-refractivity contribution >= 4 is 27.1 Å². The topological polar surface area (TPSA) is 123 Å². The van der Waals surface area contributed by atoms with E-state index in [9.17, 15) is 23.3 Å². The minimum Gasteiger partial charge on any atom is -0.378 e. The second kappa shape index (κ2) is 9.43. The van der Waals surface area contributed by atoms with Gasteiger partial charge in [0.25, 0.3) is 5.69 Å². The van der Waals surface area contributed by atoms with Crippen LogP contribution in [-0.4, -0.2) is 43.2 Å². The van der Waals surface area contributed by atoms with Crippen LogP contribution in [-0.2, 0) is 21.1 Å². The number of carbonyl (C=O) groups is 1. The Morgan fingerprint density at radius 3 is 2.35 bits per heavy atom. The number of nitro benzene ring substituents is 1. The number of nitrogens with one attached hydrogen (secondary N) is 2. The molecule has 3 aromatic rings. The zero-order valence-electron chi connectivity index (χ0n) is 16.8. The van der Waals surface area contributed by atoms with Gasteiger partial charge in [-0.05, 0) is 42.0 Å². The van der Waals surface area contributed by atoms with Gasteiger partial charge in [0.05, 0.1) is 16.2 Å². The van der Waals surface area contributed by atoms with E-state index in [-0.39, 0.29) is 41.7 Å². The van der Waals surface area contributed by atoms with Gasteiger partial charge >= 0.3 is 0 Å². The van der Waals surface area contributed by atoms with E-state index in [4.69, 9.17) is 0 Å². The van der Waals surface area contributed by atoms with Gasteiger partial charge in [0.15, 0.2) is 9.84 Å². The lowest BCUT2D eigenvalue weighted by atomic mass is 10.1. The number of aromatic nitrogens is 1. The van der Waals surface area contributed by atoms with Crippen LogP contribution in [0.25, 0.3) is 5.69 Å². The average Bonchev–Trinajstić information content (AvgIpc) is 3.26.